The van der Waals surface area contributed by atoms with E-state index in [-0.39, 0.29) is 0 Å². The van der Waals surface area contributed by atoms with Gasteiger partial charge >= 0.3 is 5.97 Å². The Morgan fingerprint density at radius 3 is 2.75 bits per heavy atom. The molecule has 3 N–H and O–H groups in total. The first-order chi connectivity index (χ1) is 7.42. The summed E-state index contributed by atoms with van der Waals surface area (Å²) in [6.45, 7) is 4.97. The van der Waals surface area contributed by atoms with Crippen LogP contribution in [0.5, 0.6) is 0 Å². The lowest BCUT2D eigenvalue weighted by Crippen LogP contribution is -2.50. The molecule has 6 heteroatoms. The fraction of sp³-hybridized carbons (Fsp3) is 0.600. The molecule has 1 aromatic rings. The van der Waals surface area contributed by atoms with Gasteiger partial charge in [-0.3, -0.25) is 4.79 Å². The Morgan fingerprint density at radius 1 is 1.62 bits per heavy atom. The Hall–Kier alpha value is -1.14. The van der Waals surface area contributed by atoms with Gasteiger partial charge in [0.2, 0.25) is 0 Å². The number of hydrogen-bond donors (Lipinski definition) is 2. The fourth-order valence-corrected chi connectivity index (χ4v) is 2.70. The van der Waals surface area contributed by atoms with Crippen LogP contribution in [0, 0.1) is 13.8 Å². The van der Waals surface area contributed by atoms with Gasteiger partial charge in [-0.1, -0.05) is 0 Å². The molecule has 2 rings (SSSR count). The van der Waals surface area contributed by atoms with E-state index in [0.29, 0.717) is 19.5 Å². The zero-order valence-corrected chi connectivity index (χ0v) is 10.2. The van der Waals surface area contributed by atoms with Crippen molar-refractivity contribution in [2.75, 3.05) is 18.0 Å². The van der Waals surface area contributed by atoms with Gasteiger partial charge in [0.25, 0.3) is 0 Å². The second-order valence-corrected chi connectivity index (χ2v) is 5.45. The number of anilines is 1. The van der Waals surface area contributed by atoms with Crippen molar-refractivity contribution in [2.45, 2.75) is 25.8 Å². The highest BCUT2D eigenvalue weighted by atomic mass is 32.1. The molecule has 0 aromatic carbocycles. The third-order valence-electron chi connectivity index (χ3n) is 3.01. The third-order valence-corrected chi connectivity index (χ3v) is 4.15. The molecule has 1 atom stereocenters. The summed E-state index contributed by atoms with van der Waals surface area (Å²) in [4.78, 5) is 18.5. The summed E-state index contributed by atoms with van der Waals surface area (Å²) < 4.78 is 0. The standard InChI is InChI=1S/C10H15N3O2S/c1-6-7(2)16-9(12-6)13-4-3-10(11,5-13)8(14)15/h3-5,11H2,1-2H3,(H,14,15). The van der Waals surface area contributed by atoms with Crippen LogP contribution in [0.3, 0.4) is 0 Å². The molecule has 5 nitrogen and oxygen atoms in total. The van der Waals surface area contributed by atoms with Crippen molar-refractivity contribution >= 4 is 22.4 Å². The van der Waals surface area contributed by atoms with E-state index in [1.165, 1.54) is 4.88 Å². The van der Waals surface area contributed by atoms with Crippen molar-refractivity contribution in [1.82, 2.24) is 4.98 Å². The number of aryl methyl sites for hydroxylation is 2. The quantitative estimate of drug-likeness (QED) is 0.798. The molecule has 1 aliphatic rings. The predicted molar refractivity (Wildman–Crippen MR) is 63.0 cm³/mol. The smallest absolute Gasteiger partial charge is 0.325 e. The highest BCUT2D eigenvalue weighted by Crippen LogP contribution is 2.30. The first-order valence-electron chi connectivity index (χ1n) is 5.14. The van der Waals surface area contributed by atoms with Crippen molar-refractivity contribution in [2.24, 2.45) is 5.73 Å². The lowest BCUT2D eigenvalue weighted by Gasteiger charge is -2.19. The molecule has 1 fully saturated rings. The van der Waals surface area contributed by atoms with Crippen molar-refractivity contribution in [1.29, 1.82) is 0 Å². The molecule has 0 bridgehead atoms. The second kappa shape index (κ2) is 3.71. The SMILES string of the molecule is Cc1nc(N2CCC(N)(C(=O)O)C2)sc1C. The van der Waals surface area contributed by atoms with Gasteiger partial charge in [-0.25, -0.2) is 4.98 Å². The van der Waals surface area contributed by atoms with E-state index in [9.17, 15) is 4.79 Å². The summed E-state index contributed by atoms with van der Waals surface area (Å²) in [5.74, 6) is -0.931. The lowest BCUT2D eigenvalue weighted by atomic mass is 10.0. The number of nitrogens with zero attached hydrogens (tertiary/aromatic N) is 2. The first kappa shape index (κ1) is 11.3. The van der Waals surface area contributed by atoms with Crippen LogP contribution in [-0.4, -0.2) is 34.7 Å². The molecule has 16 heavy (non-hydrogen) atoms. The van der Waals surface area contributed by atoms with Gasteiger partial charge in [0, 0.05) is 18.0 Å². The molecule has 0 spiro atoms. The van der Waals surface area contributed by atoms with Gasteiger partial charge in [-0.05, 0) is 20.3 Å². The van der Waals surface area contributed by atoms with Crippen LogP contribution in [-0.2, 0) is 4.79 Å². The number of rotatable bonds is 2. The Morgan fingerprint density at radius 2 is 2.31 bits per heavy atom. The van der Waals surface area contributed by atoms with E-state index < -0.39 is 11.5 Å². The van der Waals surface area contributed by atoms with Crippen LogP contribution < -0.4 is 10.6 Å². The maximum Gasteiger partial charge on any atom is 0.325 e. The Kier molecular flexibility index (Phi) is 2.63. The van der Waals surface area contributed by atoms with Crippen LogP contribution in [0.2, 0.25) is 0 Å². The monoisotopic (exact) mass is 241 g/mol. The van der Waals surface area contributed by atoms with E-state index in [0.717, 1.165) is 10.8 Å². The number of carbonyl (C=O) groups is 1. The average Bonchev–Trinajstić information content (AvgIpc) is 2.73. The van der Waals surface area contributed by atoms with Crippen LogP contribution in [0.1, 0.15) is 17.0 Å². The molecule has 0 amide bonds. The normalized spacial score (nSPS) is 25.1. The maximum absolute atomic E-state index is 11.0. The van der Waals surface area contributed by atoms with Gasteiger partial charge in [0.1, 0.15) is 5.54 Å². The molecule has 0 aliphatic carbocycles. The van der Waals surface area contributed by atoms with Gasteiger partial charge < -0.3 is 15.7 Å². The summed E-state index contributed by atoms with van der Waals surface area (Å²) in [5.41, 5.74) is 5.70. The second-order valence-electron chi connectivity index (χ2n) is 4.27. The van der Waals surface area contributed by atoms with Crippen LogP contribution in [0.25, 0.3) is 0 Å². The van der Waals surface area contributed by atoms with E-state index in [4.69, 9.17) is 10.8 Å². The van der Waals surface area contributed by atoms with Gasteiger partial charge in [0.15, 0.2) is 5.13 Å². The van der Waals surface area contributed by atoms with E-state index >= 15 is 0 Å². The van der Waals surface area contributed by atoms with E-state index in [1.54, 1.807) is 11.3 Å². The molecule has 2 heterocycles. The molecule has 0 radical (unpaired) electrons. The molecular weight excluding hydrogens is 226 g/mol. The average molecular weight is 241 g/mol. The third kappa shape index (κ3) is 1.78. The predicted octanol–water partition coefficient (Wildman–Crippen LogP) is 0.752. The van der Waals surface area contributed by atoms with Crippen LogP contribution in [0.15, 0.2) is 0 Å². The van der Waals surface area contributed by atoms with Crippen molar-refractivity contribution < 1.29 is 9.90 Å². The zero-order chi connectivity index (χ0) is 11.9. The highest BCUT2D eigenvalue weighted by Gasteiger charge is 2.42. The zero-order valence-electron chi connectivity index (χ0n) is 9.36. The highest BCUT2D eigenvalue weighted by molar-refractivity contribution is 7.15. The molecule has 1 aromatic heterocycles. The van der Waals surface area contributed by atoms with E-state index in [2.05, 4.69) is 4.98 Å². The summed E-state index contributed by atoms with van der Waals surface area (Å²) in [6, 6.07) is 0. The Labute approximate surface area is 97.9 Å². The fourth-order valence-electron chi connectivity index (χ4n) is 1.76. The van der Waals surface area contributed by atoms with Crippen molar-refractivity contribution in [3.05, 3.63) is 10.6 Å². The largest absolute Gasteiger partial charge is 0.480 e. The molecule has 0 saturated carbocycles. The first-order valence-corrected chi connectivity index (χ1v) is 5.95. The molecular formula is C10H15N3O2S. The lowest BCUT2D eigenvalue weighted by molar-refractivity contribution is -0.142. The number of aromatic nitrogens is 1. The number of carboxylic acids is 1. The summed E-state index contributed by atoms with van der Waals surface area (Å²) >= 11 is 1.59. The van der Waals surface area contributed by atoms with Gasteiger partial charge in [-0.15, -0.1) is 11.3 Å². The topological polar surface area (TPSA) is 79.5 Å². The number of aliphatic carboxylic acids is 1. The summed E-state index contributed by atoms with van der Waals surface area (Å²) in [5, 5.41) is 9.91. The minimum absolute atomic E-state index is 0.342. The number of hydrogen-bond acceptors (Lipinski definition) is 5. The Bertz CT molecular complexity index is 412. The summed E-state index contributed by atoms with van der Waals surface area (Å²) in [6.07, 6.45) is 0.472. The molecule has 88 valence electrons. The van der Waals surface area contributed by atoms with Crippen LogP contribution >= 0.6 is 11.3 Å². The number of thiazole rings is 1. The summed E-state index contributed by atoms with van der Waals surface area (Å²) in [7, 11) is 0. The van der Waals surface area contributed by atoms with E-state index in [1.807, 2.05) is 18.7 Å². The maximum atomic E-state index is 11.0. The number of nitrogens with two attached hydrogens (primary N) is 1. The minimum atomic E-state index is -1.12. The number of carboxylic acid groups (broad SMARTS) is 1. The Balaban J connectivity index is 2.18. The van der Waals surface area contributed by atoms with Gasteiger partial charge in [0.05, 0.1) is 5.69 Å². The van der Waals surface area contributed by atoms with Crippen molar-refractivity contribution in [3.63, 3.8) is 0 Å². The van der Waals surface area contributed by atoms with Crippen molar-refractivity contribution in [3.8, 4) is 0 Å². The molecule has 1 saturated heterocycles. The molecule has 1 aliphatic heterocycles. The minimum Gasteiger partial charge on any atom is -0.480 e. The van der Waals surface area contributed by atoms with Crippen LogP contribution in [0.4, 0.5) is 5.13 Å². The molecule has 1 unspecified atom stereocenters. The van der Waals surface area contributed by atoms with Gasteiger partial charge in [-0.2, -0.15) is 0 Å².